The van der Waals surface area contributed by atoms with Crippen LogP contribution in [0.2, 0.25) is 0 Å². The minimum absolute atomic E-state index is 0.0604. The van der Waals surface area contributed by atoms with Gasteiger partial charge in [-0.05, 0) is 43.5 Å². The van der Waals surface area contributed by atoms with Crippen molar-refractivity contribution in [3.8, 4) is 5.75 Å². The summed E-state index contributed by atoms with van der Waals surface area (Å²) >= 11 is 0. The second-order valence-corrected chi connectivity index (χ2v) is 6.80. The fourth-order valence-electron chi connectivity index (χ4n) is 3.89. The van der Waals surface area contributed by atoms with Crippen LogP contribution in [0.3, 0.4) is 0 Å². The van der Waals surface area contributed by atoms with E-state index < -0.39 is 0 Å². The summed E-state index contributed by atoms with van der Waals surface area (Å²) in [7, 11) is 0. The molecule has 2 saturated heterocycles. The van der Waals surface area contributed by atoms with Crippen molar-refractivity contribution in [1.82, 2.24) is 9.88 Å². The van der Waals surface area contributed by atoms with Gasteiger partial charge in [0, 0.05) is 31.3 Å². The first kappa shape index (κ1) is 16.1. The molecule has 2 aromatic heterocycles. The Bertz CT molecular complexity index is 703. The zero-order valence-electron chi connectivity index (χ0n) is 14.1. The molecule has 0 saturated carbocycles. The topological polar surface area (TPSA) is 64.8 Å². The average molecular weight is 342 g/mol. The number of rotatable bonds is 4. The van der Waals surface area contributed by atoms with E-state index in [1.165, 1.54) is 6.26 Å². The second kappa shape index (κ2) is 6.88. The second-order valence-electron chi connectivity index (χ2n) is 6.80. The van der Waals surface area contributed by atoms with E-state index in [-0.39, 0.29) is 17.4 Å². The molecule has 0 N–H and O–H groups in total. The fourth-order valence-corrected chi connectivity index (χ4v) is 3.89. The third-order valence-electron chi connectivity index (χ3n) is 5.17. The summed E-state index contributed by atoms with van der Waals surface area (Å²) in [6, 6.07) is 7.21. The van der Waals surface area contributed by atoms with Crippen molar-refractivity contribution in [1.29, 1.82) is 0 Å². The average Bonchev–Trinajstić information content (AvgIpc) is 3.21. The number of amides is 1. The fraction of sp³-hybridized carbons (Fsp3) is 0.474. The summed E-state index contributed by atoms with van der Waals surface area (Å²) in [5.74, 6) is 1.07. The molecule has 0 unspecified atom stereocenters. The van der Waals surface area contributed by atoms with E-state index >= 15 is 0 Å². The SMILES string of the molecule is O=C(c1ccco1)N1CC[C@@H]2OCCC[C@]2(COc2cccnc2)C1. The van der Waals surface area contributed by atoms with Crippen LogP contribution in [0.1, 0.15) is 29.8 Å². The molecule has 0 spiro atoms. The number of hydrogen-bond acceptors (Lipinski definition) is 5. The number of fused-ring (bicyclic) bond motifs is 1. The Kier molecular flexibility index (Phi) is 4.44. The van der Waals surface area contributed by atoms with Crippen LogP contribution < -0.4 is 4.74 Å². The van der Waals surface area contributed by atoms with Gasteiger partial charge in [-0.2, -0.15) is 0 Å². The minimum Gasteiger partial charge on any atom is -0.491 e. The van der Waals surface area contributed by atoms with E-state index in [0.717, 1.165) is 31.6 Å². The highest BCUT2D eigenvalue weighted by Gasteiger charge is 2.48. The van der Waals surface area contributed by atoms with Crippen LogP contribution in [0.25, 0.3) is 0 Å². The predicted molar refractivity (Wildman–Crippen MR) is 90.4 cm³/mol. The Morgan fingerprint density at radius 2 is 2.36 bits per heavy atom. The normalized spacial score (nSPS) is 26.1. The number of nitrogens with zero attached hydrogens (tertiary/aromatic N) is 2. The van der Waals surface area contributed by atoms with Crippen LogP contribution in [0.4, 0.5) is 0 Å². The largest absolute Gasteiger partial charge is 0.491 e. The molecule has 2 aromatic rings. The zero-order chi connectivity index (χ0) is 17.1. The van der Waals surface area contributed by atoms with Crippen molar-refractivity contribution in [2.45, 2.75) is 25.4 Å². The third kappa shape index (κ3) is 3.26. The number of aromatic nitrogens is 1. The van der Waals surface area contributed by atoms with Gasteiger partial charge in [-0.15, -0.1) is 0 Å². The third-order valence-corrected chi connectivity index (χ3v) is 5.17. The maximum absolute atomic E-state index is 12.7. The molecule has 0 radical (unpaired) electrons. The maximum atomic E-state index is 12.7. The summed E-state index contributed by atoms with van der Waals surface area (Å²) < 4.78 is 17.3. The van der Waals surface area contributed by atoms with Gasteiger partial charge in [0.2, 0.25) is 0 Å². The molecule has 0 aliphatic carbocycles. The van der Waals surface area contributed by atoms with Crippen LogP contribution in [0, 0.1) is 5.41 Å². The number of likely N-dealkylation sites (tertiary alicyclic amines) is 1. The van der Waals surface area contributed by atoms with Crippen molar-refractivity contribution in [2.24, 2.45) is 5.41 Å². The molecular weight excluding hydrogens is 320 g/mol. The Balaban J connectivity index is 1.51. The minimum atomic E-state index is -0.186. The number of piperidine rings is 1. The molecule has 6 heteroatoms. The quantitative estimate of drug-likeness (QED) is 0.855. The highest BCUT2D eigenvalue weighted by molar-refractivity contribution is 5.91. The van der Waals surface area contributed by atoms with Gasteiger partial charge in [-0.3, -0.25) is 9.78 Å². The first-order valence-electron chi connectivity index (χ1n) is 8.74. The molecular formula is C19H22N2O4. The van der Waals surface area contributed by atoms with Crippen molar-refractivity contribution >= 4 is 5.91 Å². The first-order chi connectivity index (χ1) is 12.3. The first-order valence-corrected chi connectivity index (χ1v) is 8.74. The molecule has 0 aromatic carbocycles. The maximum Gasteiger partial charge on any atom is 0.289 e. The highest BCUT2D eigenvalue weighted by Crippen LogP contribution is 2.41. The molecule has 6 nitrogen and oxygen atoms in total. The Morgan fingerprint density at radius 1 is 1.40 bits per heavy atom. The van der Waals surface area contributed by atoms with Crippen LogP contribution in [0.15, 0.2) is 47.3 Å². The summed E-state index contributed by atoms with van der Waals surface area (Å²) in [6.07, 6.45) is 7.88. The van der Waals surface area contributed by atoms with Gasteiger partial charge in [0.05, 0.1) is 25.2 Å². The van der Waals surface area contributed by atoms with Crippen LogP contribution >= 0.6 is 0 Å². The van der Waals surface area contributed by atoms with Crippen LogP contribution in [0.5, 0.6) is 5.75 Å². The molecule has 1 amide bonds. The molecule has 2 aliphatic rings. The van der Waals surface area contributed by atoms with E-state index in [0.29, 0.717) is 25.5 Å². The van der Waals surface area contributed by atoms with Gasteiger partial charge < -0.3 is 18.8 Å². The lowest BCUT2D eigenvalue weighted by atomic mass is 9.73. The number of ether oxygens (including phenoxy) is 2. The molecule has 25 heavy (non-hydrogen) atoms. The highest BCUT2D eigenvalue weighted by atomic mass is 16.5. The molecule has 0 bridgehead atoms. The van der Waals surface area contributed by atoms with Crippen molar-refractivity contribution in [3.63, 3.8) is 0 Å². The lowest BCUT2D eigenvalue weighted by Gasteiger charge is -2.49. The Hall–Kier alpha value is -2.34. The summed E-state index contributed by atoms with van der Waals surface area (Å²) in [5.41, 5.74) is -0.186. The van der Waals surface area contributed by atoms with E-state index in [1.807, 2.05) is 17.0 Å². The summed E-state index contributed by atoms with van der Waals surface area (Å²) in [5, 5.41) is 0. The molecule has 2 aliphatic heterocycles. The van der Waals surface area contributed by atoms with E-state index in [1.54, 1.807) is 24.5 Å². The van der Waals surface area contributed by atoms with Crippen molar-refractivity contribution in [3.05, 3.63) is 48.7 Å². The number of carbonyl (C=O) groups is 1. The Labute approximate surface area is 146 Å². The van der Waals surface area contributed by atoms with Gasteiger partial charge in [-0.1, -0.05) is 0 Å². The monoisotopic (exact) mass is 342 g/mol. The van der Waals surface area contributed by atoms with Gasteiger partial charge in [0.15, 0.2) is 5.76 Å². The number of hydrogen-bond donors (Lipinski definition) is 0. The van der Waals surface area contributed by atoms with E-state index in [9.17, 15) is 4.79 Å². The Morgan fingerprint density at radius 3 is 3.16 bits per heavy atom. The lowest BCUT2D eigenvalue weighted by Crippen LogP contribution is -2.58. The van der Waals surface area contributed by atoms with E-state index in [4.69, 9.17) is 13.9 Å². The summed E-state index contributed by atoms with van der Waals surface area (Å²) in [4.78, 5) is 18.7. The van der Waals surface area contributed by atoms with Crippen molar-refractivity contribution < 1.29 is 18.7 Å². The number of pyridine rings is 1. The number of furan rings is 1. The molecule has 4 heterocycles. The van der Waals surface area contributed by atoms with Gasteiger partial charge in [-0.25, -0.2) is 0 Å². The zero-order valence-corrected chi connectivity index (χ0v) is 14.1. The molecule has 2 fully saturated rings. The smallest absolute Gasteiger partial charge is 0.289 e. The molecule has 132 valence electrons. The van der Waals surface area contributed by atoms with E-state index in [2.05, 4.69) is 4.98 Å². The predicted octanol–water partition coefficient (Wildman–Crippen LogP) is 2.76. The molecule has 4 rings (SSSR count). The molecule has 2 atom stereocenters. The van der Waals surface area contributed by atoms with Gasteiger partial charge in [0.25, 0.3) is 5.91 Å². The lowest BCUT2D eigenvalue weighted by molar-refractivity contribution is -0.133. The van der Waals surface area contributed by atoms with Gasteiger partial charge in [0.1, 0.15) is 5.75 Å². The standard InChI is InChI=1S/C19H22N2O4/c22-18(16-5-2-10-23-16)21-9-6-17-19(13-21,7-3-11-24-17)14-25-15-4-1-8-20-12-15/h1-2,4-5,8,10,12,17H,3,6-7,9,11,13-14H2/t17-,19+/m0/s1. The summed E-state index contributed by atoms with van der Waals surface area (Å²) in [6.45, 7) is 2.60. The number of carbonyl (C=O) groups excluding carboxylic acids is 1. The van der Waals surface area contributed by atoms with Crippen molar-refractivity contribution in [2.75, 3.05) is 26.3 Å². The van der Waals surface area contributed by atoms with Crippen LogP contribution in [-0.2, 0) is 4.74 Å². The van der Waals surface area contributed by atoms with Crippen LogP contribution in [-0.4, -0.2) is 48.2 Å². The van der Waals surface area contributed by atoms with Gasteiger partial charge >= 0.3 is 0 Å².